The van der Waals surface area contributed by atoms with Crippen molar-refractivity contribution in [2.45, 2.75) is 6.92 Å². The molecule has 0 unspecified atom stereocenters. The fourth-order valence-electron chi connectivity index (χ4n) is 0.721. The second kappa shape index (κ2) is 2.97. The predicted octanol–water partition coefficient (Wildman–Crippen LogP) is 2.80. The Bertz CT molecular complexity index is 255. The number of halogens is 1. The summed E-state index contributed by atoms with van der Waals surface area (Å²) in [5, 5.41) is 0. The van der Waals surface area contributed by atoms with Crippen LogP contribution in [0, 0.1) is 6.92 Å². The van der Waals surface area contributed by atoms with Crippen LogP contribution in [0.4, 0.5) is 0 Å². The lowest BCUT2D eigenvalue weighted by Gasteiger charge is -1.97. The summed E-state index contributed by atoms with van der Waals surface area (Å²) >= 11 is 3.36. The molecule has 1 rings (SSSR count). The number of aromatic nitrogens is 1. The molecule has 1 aromatic heterocycles. The second-order valence-electron chi connectivity index (χ2n) is 2.05. The molecular weight excluding hydrogens is 190 g/mol. The third-order valence-electron chi connectivity index (χ3n) is 1.24. The highest BCUT2D eigenvalue weighted by Crippen LogP contribution is 2.16. The Morgan fingerprint density at radius 3 is 2.90 bits per heavy atom. The molecule has 1 nitrogen and oxygen atoms in total. The monoisotopic (exact) mass is 197 g/mol. The molecule has 2 heteroatoms. The fraction of sp³-hybridized carbons (Fsp3) is 0.125. The zero-order valence-electron chi connectivity index (χ0n) is 5.76. The van der Waals surface area contributed by atoms with Gasteiger partial charge in [-0.05, 0) is 34.5 Å². The van der Waals surface area contributed by atoms with Crippen LogP contribution in [0.1, 0.15) is 11.3 Å². The maximum absolute atomic E-state index is 4.09. The van der Waals surface area contributed by atoms with Crippen molar-refractivity contribution in [2.24, 2.45) is 0 Å². The van der Waals surface area contributed by atoms with Gasteiger partial charge in [0.25, 0.3) is 0 Å². The van der Waals surface area contributed by atoms with E-state index < -0.39 is 0 Å². The van der Waals surface area contributed by atoms with Gasteiger partial charge in [0.15, 0.2) is 0 Å². The first kappa shape index (κ1) is 7.48. The molecule has 0 fully saturated rings. The van der Waals surface area contributed by atoms with E-state index in [0.717, 1.165) is 15.7 Å². The number of hydrogen-bond donors (Lipinski definition) is 0. The van der Waals surface area contributed by atoms with Gasteiger partial charge in [-0.25, -0.2) is 0 Å². The summed E-state index contributed by atoms with van der Waals surface area (Å²) in [4.78, 5) is 4.09. The third-order valence-corrected chi connectivity index (χ3v) is 1.90. The molecule has 0 saturated carbocycles. The third kappa shape index (κ3) is 1.45. The molecule has 1 aromatic rings. The van der Waals surface area contributed by atoms with Gasteiger partial charge in [-0.15, -0.1) is 0 Å². The minimum Gasteiger partial charge on any atom is -0.260 e. The summed E-state index contributed by atoms with van der Waals surface area (Å²) in [5.74, 6) is 0. The topological polar surface area (TPSA) is 12.9 Å². The molecule has 0 amide bonds. The molecule has 0 aliphatic rings. The van der Waals surface area contributed by atoms with Gasteiger partial charge >= 0.3 is 0 Å². The van der Waals surface area contributed by atoms with Crippen LogP contribution in [0.25, 0.3) is 6.08 Å². The maximum Gasteiger partial charge on any atom is 0.0431 e. The molecule has 0 spiro atoms. The standard InChI is InChI=1S/C8H8BrN/c1-3-7-4-6(2)10-5-8(7)9/h3-5H,1H2,2H3. The van der Waals surface area contributed by atoms with Crippen molar-refractivity contribution in [3.05, 3.63) is 34.6 Å². The van der Waals surface area contributed by atoms with E-state index in [4.69, 9.17) is 0 Å². The fourth-order valence-corrected chi connectivity index (χ4v) is 1.10. The maximum atomic E-state index is 4.09. The molecular formula is C8H8BrN. The molecule has 10 heavy (non-hydrogen) atoms. The summed E-state index contributed by atoms with van der Waals surface area (Å²) in [5.41, 5.74) is 2.10. The van der Waals surface area contributed by atoms with E-state index in [0.29, 0.717) is 0 Å². The highest BCUT2D eigenvalue weighted by molar-refractivity contribution is 9.10. The van der Waals surface area contributed by atoms with Crippen molar-refractivity contribution in [3.63, 3.8) is 0 Å². The summed E-state index contributed by atoms with van der Waals surface area (Å²) in [7, 11) is 0. The average molecular weight is 198 g/mol. The van der Waals surface area contributed by atoms with Crippen LogP contribution >= 0.6 is 15.9 Å². The Balaban J connectivity index is 3.21. The zero-order valence-corrected chi connectivity index (χ0v) is 7.35. The minimum absolute atomic E-state index is 0.994. The van der Waals surface area contributed by atoms with E-state index in [1.807, 2.05) is 13.0 Å². The van der Waals surface area contributed by atoms with Gasteiger partial charge in [-0.3, -0.25) is 4.98 Å². The number of rotatable bonds is 1. The van der Waals surface area contributed by atoms with Crippen molar-refractivity contribution in [2.75, 3.05) is 0 Å². The van der Waals surface area contributed by atoms with E-state index >= 15 is 0 Å². The Morgan fingerprint density at radius 2 is 2.40 bits per heavy atom. The highest BCUT2D eigenvalue weighted by Gasteiger charge is 1.94. The Hall–Kier alpha value is -0.630. The predicted molar refractivity (Wildman–Crippen MR) is 46.8 cm³/mol. The first-order valence-electron chi connectivity index (χ1n) is 2.98. The molecule has 1 heterocycles. The largest absolute Gasteiger partial charge is 0.260 e. The Morgan fingerprint density at radius 1 is 1.70 bits per heavy atom. The molecule has 0 aliphatic heterocycles. The summed E-state index contributed by atoms with van der Waals surface area (Å²) in [6, 6.07) is 1.98. The first-order chi connectivity index (χ1) is 4.74. The number of pyridine rings is 1. The second-order valence-corrected chi connectivity index (χ2v) is 2.91. The zero-order chi connectivity index (χ0) is 7.56. The van der Waals surface area contributed by atoms with Crippen molar-refractivity contribution >= 4 is 22.0 Å². The average Bonchev–Trinajstić information content (AvgIpc) is 1.94. The normalized spacial score (nSPS) is 9.40. The molecule has 0 aromatic carbocycles. The van der Waals surface area contributed by atoms with Gasteiger partial charge in [0.05, 0.1) is 0 Å². The van der Waals surface area contributed by atoms with Crippen LogP contribution in [0.15, 0.2) is 23.3 Å². The van der Waals surface area contributed by atoms with E-state index in [2.05, 4.69) is 27.5 Å². The van der Waals surface area contributed by atoms with E-state index in [9.17, 15) is 0 Å². The van der Waals surface area contributed by atoms with Gasteiger partial charge in [-0.2, -0.15) is 0 Å². The molecule has 0 saturated heterocycles. The van der Waals surface area contributed by atoms with Crippen LogP contribution in [0.3, 0.4) is 0 Å². The van der Waals surface area contributed by atoms with Crippen LogP contribution in [0.5, 0.6) is 0 Å². The van der Waals surface area contributed by atoms with Crippen LogP contribution in [-0.4, -0.2) is 4.98 Å². The van der Waals surface area contributed by atoms with Crippen LogP contribution in [-0.2, 0) is 0 Å². The SMILES string of the molecule is C=Cc1cc(C)ncc1Br. The van der Waals surface area contributed by atoms with Crippen molar-refractivity contribution in [1.29, 1.82) is 0 Å². The quantitative estimate of drug-likeness (QED) is 0.676. The number of aryl methyl sites for hydroxylation is 1. The molecule has 0 bridgehead atoms. The Labute approximate surface area is 68.9 Å². The molecule has 0 atom stereocenters. The van der Waals surface area contributed by atoms with Crippen molar-refractivity contribution in [1.82, 2.24) is 4.98 Å². The van der Waals surface area contributed by atoms with Gasteiger partial charge in [-0.1, -0.05) is 12.7 Å². The van der Waals surface area contributed by atoms with Crippen LogP contribution < -0.4 is 0 Å². The molecule has 0 aliphatic carbocycles. The van der Waals surface area contributed by atoms with E-state index in [1.165, 1.54) is 0 Å². The van der Waals surface area contributed by atoms with E-state index in [1.54, 1.807) is 12.3 Å². The van der Waals surface area contributed by atoms with Gasteiger partial charge < -0.3 is 0 Å². The van der Waals surface area contributed by atoms with Crippen molar-refractivity contribution < 1.29 is 0 Å². The first-order valence-corrected chi connectivity index (χ1v) is 3.78. The number of nitrogens with zero attached hydrogens (tertiary/aromatic N) is 1. The minimum atomic E-state index is 0.994. The van der Waals surface area contributed by atoms with Crippen LogP contribution in [0.2, 0.25) is 0 Å². The molecule has 0 radical (unpaired) electrons. The summed E-state index contributed by atoms with van der Waals surface area (Å²) in [6.45, 7) is 5.63. The van der Waals surface area contributed by atoms with Gasteiger partial charge in [0.2, 0.25) is 0 Å². The van der Waals surface area contributed by atoms with Gasteiger partial charge in [0, 0.05) is 16.4 Å². The Kier molecular flexibility index (Phi) is 2.22. The smallest absolute Gasteiger partial charge is 0.0431 e. The lowest BCUT2D eigenvalue weighted by atomic mass is 10.2. The lowest BCUT2D eigenvalue weighted by molar-refractivity contribution is 1.18. The molecule has 52 valence electrons. The summed E-state index contributed by atoms with van der Waals surface area (Å²) < 4.78 is 0.994. The lowest BCUT2D eigenvalue weighted by Crippen LogP contribution is -1.82. The summed E-state index contributed by atoms with van der Waals surface area (Å²) in [6.07, 6.45) is 3.59. The van der Waals surface area contributed by atoms with Gasteiger partial charge in [0.1, 0.15) is 0 Å². The molecule has 0 N–H and O–H groups in total. The van der Waals surface area contributed by atoms with Crippen molar-refractivity contribution in [3.8, 4) is 0 Å². The van der Waals surface area contributed by atoms with E-state index in [-0.39, 0.29) is 0 Å². The highest BCUT2D eigenvalue weighted by atomic mass is 79.9. The number of hydrogen-bond acceptors (Lipinski definition) is 1.